The average molecular weight is 318 g/mol. The number of hydrazone groups is 1. The normalized spacial score (nSPS) is 11.4. The first-order chi connectivity index (χ1) is 11.9. The van der Waals surface area contributed by atoms with Crippen LogP contribution < -0.4 is 10.2 Å². The third-order valence-electron chi connectivity index (χ3n) is 3.24. The molecule has 0 fully saturated rings. The number of hydrogen-bond acceptors (Lipinski definition) is 5. The van der Waals surface area contributed by atoms with Gasteiger partial charge < -0.3 is 4.74 Å². The maximum atomic E-state index is 5.54. The van der Waals surface area contributed by atoms with E-state index in [4.69, 9.17) is 4.74 Å². The fourth-order valence-corrected chi connectivity index (χ4v) is 2.15. The van der Waals surface area contributed by atoms with Crippen LogP contribution in [0.1, 0.15) is 12.5 Å². The molecule has 1 aromatic heterocycles. The molecule has 120 valence electrons. The van der Waals surface area contributed by atoms with Crippen LogP contribution in [0.5, 0.6) is 5.88 Å². The predicted octanol–water partition coefficient (Wildman–Crippen LogP) is 4.14. The fourth-order valence-electron chi connectivity index (χ4n) is 2.15. The van der Waals surface area contributed by atoms with Gasteiger partial charge >= 0.3 is 0 Å². The lowest BCUT2D eigenvalue weighted by atomic mass is 10.2. The molecular formula is C19H18N4O. The minimum Gasteiger partial charge on any atom is -0.475 e. The van der Waals surface area contributed by atoms with E-state index in [0.29, 0.717) is 18.3 Å². The number of ether oxygens (including phenoxy) is 1. The van der Waals surface area contributed by atoms with E-state index >= 15 is 0 Å². The summed E-state index contributed by atoms with van der Waals surface area (Å²) in [6.07, 6.45) is 5.50. The Balaban J connectivity index is 1.75. The molecular weight excluding hydrogens is 300 g/mol. The van der Waals surface area contributed by atoms with E-state index in [0.717, 1.165) is 16.6 Å². The molecule has 0 unspecified atom stereocenters. The summed E-state index contributed by atoms with van der Waals surface area (Å²) < 4.78 is 5.54. The molecule has 0 atom stereocenters. The number of nitrogens with one attached hydrogen (secondary N) is 1. The third-order valence-corrected chi connectivity index (χ3v) is 3.24. The molecule has 5 heteroatoms. The summed E-state index contributed by atoms with van der Waals surface area (Å²) in [4.78, 5) is 8.99. The van der Waals surface area contributed by atoms with Gasteiger partial charge in [0.1, 0.15) is 0 Å². The second-order valence-electron chi connectivity index (χ2n) is 4.96. The Bertz CT molecular complexity index is 860. The molecule has 0 amide bonds. The summed E-state index contributed by atoms with van der Waals surface area (Å²) in [6, 6.07) is 17.7. The Morgan fingerprint density at radius 1 is 1.00 bits per heavy atom. The molecule has 0 saturated carbocycles. The SMILES string of the molecule is CCOc1nc2ccccc2nc1N/N=C\C=C\c1ccccc1. The molecule has 2 aromatic carbocycles. The molecule has 24 heavy (non-hydrogen) atoms. The van der Waals surface area contributed by atoms with Crippen LogP contribution in [0.2, 0.25) is 0 Å². The maximum Gasteiger partial charge on any atom is 0.259 e. The number of benzene rings is 2. The summed E-state index contributed by atoms with van der Waals surface area (Å²) >= 11 is 0. The quantitative estimate of drug-likeness (QED) is 0.548. The number of allylic oxidation sites excluding steroid dienone is 1. The zero-order valence-electron chi connectivity index (χ0n) is 13.4. The minimum absolute atomic E-state index is 0.445. The third kappa shape index (κ3) is 3.95. The zero-order chi connectivity index (χ0) is 16.6. The Labute approximate surface area is 140 Å². The van der Waals surface area contributed by atoms with Crippen molar-refractivity contribution in [2.75, 3.05) is 12.0 Å². The van der Waals surface area contributed by atoms with Crippen molar-refractivity contribution in [1.82, 2.24) is 9.97 Å². The largest absolute Gasteiger partial charge is 0.475 e. The van der Waals surface area contributed by atoms with Crippen molar-refractivity contribution in [1.29, 1.82) is 0 Å². The topological polar surface area (TPSA) is 59.4 Å². The average Bonchev–Trinajstić information content (AvgIpc) is 2.63. The van der Waals surface area contributed by atoms with Gasteiger partial charge in [0, 0.05) is 6.21 Å². The smallest absolute Gasteiger partial charge is 0.259 e. The van der Waals surface area contributed by atoms with Crippen molar-refractivity contribution in [3.05, 3.63) is 66.2 Å². The first-order valence-corrected chi connectivity index (χ1v) is 7.77. The summed E-state index contributed by atoms with van der Waals surface area (Å²) in [6.45, 7) is 2.42. The molecule has 0 saturated heterocycles. The van der Waals surface area contributed by atoms with E-state index in [2.05, 4.69) is 20.5 Å². The molecule has 5 nitrogen and oxygen atoms in total. The fraction of sp³-hybridized carbons (Fsp3) is 0.105. The lowest BCUT2D eigenvalue weighted by molar-refractivity contribution is 0.328. The van der Waals surface area contributed by atoms with Crippen molar-refractivity contribution in [2.45, 2.75) is 6.92 Å². The van der Waals surface area contributed by atoms with Gasteiger partial charge in [0.2, 0.25) is 5.82 Å². The highest BCUT2D eigenvalue weighted by molar-refractivity contribution is 5.80. The summed E-state index contributed by atoms with van der Waals surface area (Å²) in [7, 11) is 0. The van der Waals surface area contributed by atoms with Crippen LogP contribution >= 0.6 is 0 Å². The van der Waals surface area contributed by atoms with Crippen LogP contribution in [0.3, 0.4) is 0 Å². The van der Waals surface area contributed by atoms with Crippen molar-refractivity contribution >= 4 is 29.1 Å². The van der Waals surface area contributed by atoms with Crippen LogP contribution in [-0.2, 0) is 0 Å². The molecule has 1 N–H and O–H groups in total. The Kier molecular flexibility index (Phi) is 5.14. The highest BCUT2D eigenvalue weighted by Crippen LogP contribution is 2.23. The van der Waals surface area contributed by atoms with Crippen LogP contribution in [0.15, 0.2) is 65.8 Å². The van der Waals surface area contributed by atoms with E-state index in [-0.39, 0.29) is 0 Å². The molecule has 0 radical (unpaired) electrons. The highest BCUT2D eigenvalue weighted by Gasteiger charge is 2.08. The number of rotatable bonds is 6. The molecule has 0 aliphatic carbocycles. The Morgan fingerprint density at radius 2 is 1.71 bits per heavy atom. The van der Waals surface area contributed by atoms with Gasteiger partial charge in [-0.05, 0) is 30.7 Å². The highest BCUT2D eigenvalue weighted by atomic mass is 16.5. The molecule has 0 bridgehead atoms. The summed E-state index contributed by atoms with van der Waals surface area (Å²) in [5.74, 6) is 0.945. The van der Waals surface area contributed by atoms with Gasteiger partial charge in [-0.1, -0.05) is 48.5 Å². The number of aromatic nitrogens is 2. The zero-order valence-corrected chi connectivity index (χ0v) is 13.4. The summed E-state index contributed by atoms with van der Waals surface area (Å²) in [5, 5.41) is 4.16. The lowest BCUT2D eigenvalue weighted by Crippen LogP contribution is -2.02. The maximum absolute atomic E-state index is 5.54. The van der Waals surface area contributed by atoms with Crippen LogP contribution in [-0.4, -0.2) is 22.8 Å². The Morgan fingerprint density at radius 3 is 2.46 bits per heavy atom. The van der Waals surface area contributed by atoms with Gasteiger partial charge in [0.25, 0.3) is 5.88 Å². The molecule has 0 spiro atoms. The van der Waals surface area contributed by atoms with E-state index in [1.807, 2.05) is 73.7 Å². The van der Waals surface area contributed by atoms with Gasteiger partial charge in [0.05, 0.1) is 17.6 Å². The molecule has 0 aliphatic heterocycles. The number of hydrogen-bond donors (Lipinski definition) is 1. The van der Waals surface area contributed by atoms with Crippen molar-refractivity contribution in [2.24, 2.45) is 5.10 Å². The van der Waals surface area contributed by atoms with E-state index in [1.165, 1.54) is 0 Å². The van der Waals surface area contributed by atoms with Gasteiger partial charge in [-0.3, -0.25) is 5.43 Å². The second-order valence-corrected chi connectivity index (χ2v) is 4.96. The van der Waals surface area contributed by atoms with Crippen molar-refractivity contribution in [3.8, 4) is 5.88 Å². The van der Waals surface area contributed by atoms with Gasteiger partial charge in [0.15, 0.2) is 0 Å². The van der Waals surface area contributed by atoms with Crippen molar-refractivity contribution in [3.63, 3.8) is 0 Å². The van der Waals surface area contributed by atoms with Gasteiger partial charge in [-0.2, -0.15) is 5.10 Å². The second kappa shape index (κ2) is 7.87. The number of anilines is 1. The predicted molar refractivity (Wildman–Crippen MR) is 98.3 cm³/mol. The number of nitrogens with zero attached hydrogens (tertiary/aromatic N) is 3. The number of para-hydroxylation sites is 2. The lowest BCUT2D eigenvalue weighted by Gasteiger charge is -2.08. The first kappa shape index (κ1) is 15.7. The standard InChI is InChI=1S/C19H18N4O/c1-2-24-19-18(21-16-12-6-7-13-17(16)22-19)23-20-14-8-11-15-9-4-3-5-10-15/h3-14H,2H2,1H3,(H,21,23)/b11-8+,20-14-. The van der Waals surface area contributed by atoms with Crippen molar-refractivity contribution < 1.29 is 4.74 Å². The molecule has 3 aromatic rings. The Hall–Kier alpha value is -3.21. The molecule has 1 heterocycles. The van der Waals surface area contributed by atoms with Crippen LogP contribution in [0.4, 0.5) is 5.82 Å². The first-order valence-electron chi connectivity index (χ1n) is 7.77. The van der Waals surface area contributed by atoms with Crippen LogP contribution in [0.25, 0.3) is 17.1 Å². The molecule has 0 aliphatic rings. The molecule has 3 rings (SSSR count). The monoisotopic (exact) mass is 318 g/mol. The summed E-state index contributed by atoms with van der Waals surface area (Å²) in [5.41, 5.74) is 5.59. The van der Waals surface area contributed by atoms with Crippen LogP contribution in [0, 0.1) is 0 Å². The van der Waals surface area contributed by atoms with Gasteiger partial charge in [-0.15, -0.1) is 0 Å². The van der Waals surface area contributed by atoms with E-state index in [9.17, 15) is 0 Å². The van der Waals surface area contributed by atoms with E-state index in [1.54, 1.807) is 6.21 Å². The number of fused-ring (bicyclic) bond motifs is 1. The van der Waals surface area contributed by atoms with Gasteiger partial charge in [-0.25, -0.2) is 9.97 Å². The van der Waals surface area contributed by atoms with E-state index < -0.39 is 0 Å². The minimum atomic E-state index is 0.445.